The largest absolute Gasteiger partial charge is 0.439 e. The van der Waals surface area contributed by atoms with E-state index in [2.05, 4.69) is 39.7 Å². The molecule has 0 bridgehead atoms. The first-order valence-corrected chi connectivity index (χ1v) is 7.53. The van der Waals surface area contributed by atoms with Crippen LogP contribution in [0, 0.1) is 13.8 Å². The summed E-state index contributed by atoms with van der Waals surface area (Å²) in [4.78, 5) is 8.43. The molecule has 0 aliphatic carbocycles. The van der Waals surface area contributed by atoms with Crippen molar-refractivity contribution in [1.29, 1.82) is 0 Å². The van der Waals surface area contributed by atoms with Gasteiger partial charge >= 0.3 is 0 Å². The molecule has 1 aromatic heterocycles. The molecule has 0 atom stereocenters. The van der Waals surface area contributed by atoms with Gasteiger partial charge < -0.3 is 4.74 Å². The van der Waals surface area contributed by atoms with E-state index in [4.69, 9.17) is 16.3 Å². The van der Waals surface area contributed by atoms with E-state index < -0.39 is 0 Å². The molecule has 0 radical (unpaired) electrons. The average Bonchev–Trinajstić information content (AvgIpc) is 2.30. The molecule has 2 rings (SSSR count). The van der Waals surface area contributed by atoms with Gasteiger partial charge in [0, 0.05) is 11.1 Å². The van der Waals surface area contributed by atoms with Gasteiger partial charge in [0.1, 0.15) is 16.2 Å². The molecule has 20 heavy (non-hydrogen) atoms. The Morgan fingerprint density at radius 3 is 2.45 bits per heavy atom. The van der Waals surface area contributed by atoms with E-state index in [1.54, 1.807) is 6.07 Å². The predicted octanol–water partition coefficient (Wildman–Crippen LogP) is 5.43. The zero-order valence-corrected chi connectivity index (χ0v) is 14.2. The summed E-state index contributed by atoms with van der Waals surface area (Å²) in [6.45, 7) is 8.00. The van der Waals surface area contributed by atoms with Gasteiger partial charge in [-0.15, -0.1) is 0 Å². The Morgan fingerprint density at radius 1 is 1.15 bits per heavy atom. The molecule has 0 saturated heterocycles. The van der Waals surface area contributed by atoms with Gasteiger partial charge in [0.15, 0.2) is 0 Å². The van der Waals surface area contributed by atoms with Crippen LogP contribution in [-0.2, 0) is 0 Å². The fourth-order valence-electron chi connectivity index (χ4n) is 1.89. The zero-order valence-electron chi connectivity index (χ0n) is 11.9. The SMILES string of the molecule is Cc1nc(Br)cc(Oc2cc(C(C)C)c(Cl)cc2C)n1. The summed E-state index contributed by atoms with van der Waals surface area (Å²) >= 11 is 9.60. The van der Waals surface area contributed by atoms with Crippen molar-refractivity contribution in [2.75, 3.05) is 0 Å². The molecule has 0 fully saturated rings. The fraction of sp³-hybridized carbons (Fsp3) is 0.333. The van der Waals surface area contributed by atoms with Gasteiger partial charge in [0.25, 0.3) is 0 Å². The summed E-state index contributed by atoms with van der Waals surface area (Å²) in [6.07, 6.45) is 0. The maximum Gasteiger partial charge on any atom is 0.223 e. The Bertz CT molecular complexity index is 624. The average molecular weight is 356 g/mol. The second kappa shape index (κ2) is 6.10. The van der Waals surface area contributed by atoms with E-state index in [1.165, 1.54) is 0 Å². The first-order chi connectivity index (χ1) is 9.36. The topological polar surface area (TPSA) is 35.0 Å². The minimum absolute atomic E-state index is 0.337. The third-order valence-electron chi connectivity index (χ3n) is 2.91. The van der Waals surface area contributed by atoms with Crippen LogP contribution in [0.1, 0.15) is 36.7 Å². The summed E-state index contributed by atoms with van der Waals surface area (Å²) in [5, 5.41) is 0.768. The lowest BCUT2D eigenvalue weighted by Gasteiger charge is -2.14. The highest BCUT2D eigenvalue weighted by molar-refractivity contribution is 9.10. The van der Waals surface area contributed by atoms with E-state index >= 15 is 0 Å². The van der Waals surface area contributed by atoms with E-state index in [-0.39, 0.29) is 0 Å². The third-order valence-corrected chi connectivity index (χ3v) is 3.65. The Kier molecular flexibility index (Phi) is 4.66. The lowest BCUT2D eigenvalue weighted by atomic mass is 10.0. The second-order valence-electron chi connectivity index (χ2n) is 4.97. The second-order valence-corrected chi connectivity index (χ2v) is 6.19. The number of hydrogen-bond acceptors (Lipinski definition) is 3. The summed E-state index contributed by atoms with van der Waals surface area (Å²) < 4.78 is 6.58. The molecule has 0 aliphatic rings. The van der Waals surface area contributed by atoms with Crippen LogP contribution in [0.4, 0.5) is 0 Å². The van der Waals surface area contributed by atoms with E-state index in [1.807, 2.05) is 26.0 Å². The van der Waals surface area contributed by atoms with Gasteiger partial charge in [0.2, 0.25) is 5.88 Å². The van der Waals surface area contributed by atoms with Crippen molar-refractivity contribution in [3.8, 4) is 11.6 Å². The number of aromatic nitrogens is 2. The molecule has 2 aromatic rings. The summed E-state index contributed by atoms with van der Waals surface area (Å²) in [5.41, 5.74) is 2.05. The molecule has 0 saturated carbocycles. The minimum Gasteiger partial charge on any atom is -0.439 e. The molecular formula is C15H16BrClN2O. The van der Waals surface area contributed by atoms with Crippen LogP contribution in [0.15, 0.2) is 22.8 Å². The van der Waals surface area contributed by atoms with E-state index in [9.17, 15) is 0 Å². The van der Waals surface area contributed by atoms with Crippen molar-refractivity contribution in [3.05, 3.63) is 44.8 Å². The van der Waals surface area contributed by atoms with Crippen LogP contribution in [0.25, 0.3) is 0 Å². The third kappa shape index (κ3) is 3.49. The maximum absolute atomic E-state index is 6.26. The van der Waals surface area contributed by atoms with Gasteiger partial charge in [-0.1, -0.05) is 25.4 Å². The van der Waals surface area contributed by atoms with Crippen LogP contribution in [-0.4, -0.2) is 9.97 Å². The quantitative estimate of drug-likeness (QED) is 0.689. The lowest BCUT2D eigenvalue weighted by molar-refractivity contribution is 0.454. The van der Waals surface area contributed by atoms with Gasteiger partial charge in [-0.3, -0.25) is 0 Å². The fourth-order valence-corrected chi connectivity index (χ4v) is 2.78. The number of rotatable bonds is 3. The molecule has 0 aliphatic heterocycles. The standard InChI is InChI=1S/C15H16BrClN2O/c1-8(2)11-6-13(9(3)5-12(11)17)20-15-7-14(16)18-10(4)19-15/h5-8H,1-4H3. The van der Waals surface area contributed by atoms with Crippen molar-refractivity contribution < 1.29 is 4.74 Å². The summed E-state index contributed by atoms with van der Waals surface area (Å²) in [5.74, 6) is 2.28. The highest BCUT2D eigenvalue weighted by Gasteiger charge is 2.12. The van der Waals surface area contributed by atoms with Crippen molar-refractivity contribution in [1.82, 2.24) is 9.97 Å². The van der Waals surface area contributed by atoms with Crippen LogP contribution < -0.4 is 4.74 Å². The Balaban J connectivity index is 2.40. The predicted molar refractivity (Wildman–Crippen MR) is 84.8 cm³/mol. The van der Waals surface area contributed by atoms with Gasteiger partial charge in [0.05, 0.1) is 0 Å². The number of ether oxygens (including phenoxy) is 1. The zero-order chi connectivity index (χ0) is 14.9. The maximum atomic E-state index is 6.26. The molecule has 0 N–H and O–H groups in total. The highest BCUT2D eigenvalue weighted by atomic mass is 79.9. The van der Waals surface area contributed by atoms with Crippen molar-refractivity contribution >= 4 is 27.5 Å². The minimum atomic E-state index is 0.337. The van der Waals surface area contributed by atoms with Gasteiger partial charge in [-0.2, -0.15) is 4.98 Å². The number of aryl methyl sites for hydroxylation is 2. The molecule has 1 aromatic carbocycles. The Hall–Kier alpha value is -1.13. The van der Waals surface area contributed by atoms with Gasteiger partial charge in [-0.25, -0.2) is 4.98 Å². The van der Waals surface area contributed by atoms with Crippen molar-refractivity contribution in [3.63, 3.8) is 0 Å². The van der Waals surface area contributed by atoms with Gasteiger partial charge in [-0.05, 0) is 59.0 Å². The molecule has 0 amide bonds. The van der Waals surface area contributed by atoms with E-state index in [0.29, 0.717) is 22.2 Å². The summed E-state index contributed by atoms with van der Waals surface area (Å²) in [7, 11) is 0. The molecule has 0 spiro atoms. The van der Waals surface area contributed by atoms with Crippen molar-refractivity contribution in [2.45, 2.75) is 33.6 Å². The van der Waals surface area contributed by atoms with Crippen LogP contribution in [0.2, 0.25) is 5.02 Å². The van der Waals surface area contributed by atoms with Crippen molar-refractivity contribution in [2.24, 2.45) is 0 Å². The Morgan fingerprint density at radius 2 is 1.85 bits per heavy atom. The summed E-state index contributed by atoms with van der Waals surface area (Å²) in [6, 6.07) is 5.65. The number of nitrogens with zero attached hydrogens (tertiary/aromatic N) is 2. The van der Waals surface area contributed by atoms with Crippen LogP contribution in [0.3, 0.4) is 0 Å². The van der Waals surface area contributed by atoms with E-state index in [0.717, 1.165) is 21.9 Å². The molecule has 1 heterocycles. The molecule has 3 nitrogen and oxygen atoms in total. The number of halogens is 2. The smallest absolute Gasteiger partial charge is 0.223 e. The highest BCUT2D eigenvalue weighted by Crippen LogP contribution is 2.33. The normalized spacial score (nSPS) is 10.9. The van der Waals surface area contributed by atoms with Crippen LogP contribution >= 0.6 is 27.5 Å². The molecule has 0 unspecified atom stereocenters. The monoisotopic (exact) mass is 354 g/mol. The first kappa shape index (κ1) is 15.3. The lowest BCUT2D eigenvalue weighted by Crippen LogP contribution is -1.97. The van der Waals surface area contributed by atoms with Crippen LogP contribution in [0.5, 0.6) is 11.6 Å². The molecule has 106 valence electrons. The number of benzene rings is 1. The number of hydrogen-bond donors (Lipinski definition) is 0. The Labute approximate surface area is 132 Å². The first-order valence-electron chi connectivity index (χ1n) is 6.36. The molecular weight excluding hydrogens is 340 g/mol. The molecule has 5 heteroatoms.